The van der Waals surface area contributed by atoms with Crippen molar-refractivity contribution in [2.24, 2.45) is 0 Å². The van der Waals surface area contributed by atoms with Crippen LogP contribution in [0.5, 0.6) is 0 Å². The molecule has 1 aromatic carbocycles. The topological polar surface area (TPSA) is 97.4 Å². The second-order valence-electron chi connectivity index (χ2n) is 4.47. The van der Waals surface area contributed by atoms with E-state index in [0.717, 1.165) is 6.26 Å². The van der Waals surface area contributed by atoms with Crippen LogP contribution in [0.1, 0.15) is 10.4 Å². The van der Waals surface area contributed by atoms with Gasteiger partial charge in [-0.3, -0.25) is 4.72 Å². The first kappa shape index (κ1) is 15.8. The third-order valence-electron chi connectivity index (χ3n) is 2.66. The predicted octanol–water partition coefficient (Wildman–Crippen LogP) is 1.98. The van der Waals surface area contributed by atoms with E-state index in [1.165, 1.54) is 19.4 Å². The van der Waals surface area contributed by atoms with E-state index in [2.05, 4.69) is 15.0 Å². The summed E-state index contributed by atoms with van der Waals surface area (Å²) in [6.07, 6.45) is 2.51. The molecule has 0 saturated carbocycles. The number of hydrogen-bond acceptors (Lipinski definition) is 6. The number of para-hydroxylation sites is 1. The van der Waals surface area contributed by atoms with Gasteiger partial charge in [0.25, 0.3) is 0 Å². The third-order valence-corrected chi connectivity index (χ3v) is 3.24. The number of rotatable bonds is 5. The predicted molar refractivity (Wildman–Crippen MR) is 83.8 cm³/mol. The average molecular weight is 321 g/mol. The van der Waals surface area contributed by atoms with Crippen LogP contribution >= 0.6 is 0 Å². The summed E-state index contributed by atoms with van der Waals surface area (Å²) in [6.45, 7) is 0. The largest absolute Gasteiger partial charge is 0.465 e. The molecule has 0 saturated heterocycles. The van der Waals surface area contributed by atoms with Crippen molar-refractivity contribution in [2.75, 3.05) is 23.4 Å². The van der Waals surface area contributed by atoms with Crippen LogP contribution in [0.25, 0.3) is 0 Å². The summed E-state index contributed by atoms with van der Waals surface area (Å²) in [5, 5.41) is 3.04. The Morgan fingerprint density at radius 3 is 2.50 bits per heavy atom. The Balaban J connectivity index is 2.20. The van der Waals surface area contributed by atoms with Gasteiger partial charge in [-0.05, 0) is 24.3 Å². The number of carbonyl (C=O) groups excluding carboxylic acids is 1. The normalized spacial score (nSPS) is 10.8. The van der Waals surface area contributed by atoms with Gasteiger partial charge in [0.05, 0.1) is 36.5 Å². The number of carbonyl (C=O) groups is 1. The second kappa shape index (κ2) is 6.44. The zero-order chi connectivity index (χ0) is 16.2. The van der Waals surface area contributed by atoms with E-state index < -0.39 is 16.0 Å². The monoisotopic (exact) mass is 321 g/mol. The highest BCUT2D eigenvalue weighted by Crippen LogP contribution is 2.21. The molecule has 116 valence electrons. The minimum Gasteiger partial charge on any atom is -0.465 e. The minimum absolute atomic E-state index is 0.217. The molecule has 1 heterocycles. The Hall–Kier alpha value is -2.61. The van der Waals surface area contributed by atoms with Crippen molar-refractivity contribution in [3.63, 3.8) is 0 Å². The lowest BCUT2D eigenvalue weighted by molar-refractivity contribution is 0.0602. The van der Waals surface area contributed by atoms with Crippen LogP contribution in [-0.4, -0.2) is 32.7 Å². The zero-order valence-electron chi connectivity index (χ0n) is 12.0. The van der Waals surface area contributed by atoms with E-state index >= 15 is 0 Å². The smallest absolute Gasteiger partial charge is 0.339 e. The lowest BCUT2D eigenvalue weighted by atomic mass is 10.1. The van der Waals surface area contributed by atoms with E-state index in [0.29, 0.717) is 16.9 Å². The highest BCUT2D eigenvalue weighted by atomic mass is 32.2. The first-order valence-corrected chi connectivity index (χ1v) is 8.16. The van der Waals surface area contributed by atoms with Gasteiger partial charge in [-0.15, -0.1) is 0 Å². The number of aromatic nitrogens is 1. The number of nitrogens with one attached hydrogen (secondary N) is 2. The number of pyridine rings is 1. The van der Waals surface area contributed by atoms with Gasteiger partial charge in [-0.25, -0.2) is 18.2 Å². The fraction of sp³-hybridized carbons (Fsp3) is 0.143. The lowest BCUT2D eigenvalue weighted by Crippen LogP contribution is -2.10. The number of sulfonamides is 1. The average Bonchev–Trinajstić information content (AvgIpc) is 2.47. The van der Waals surface area contributed by atoms with Gasteiger partial charge in [-0.1, -0.05) is 12.1 Å². The van der Waals surface area contributed by atoms with Gasteiger partial charge in [0.2, 0.25) is 10.0 Å². The SMILES string of the molecule is COC(=O)c1ccccc1Nc1ccc(NS(C)(=O)=O)nc1. The fourth-order valence-electron chi connectivity index (χ4n) is 1.75. The maximum atomic E-state index is 11.7. The maximum absolute atomic E-state index is 11.7. The van der Waals surface area contributed by atoms with Crippen LogP contribution in [0.15, 0.2) is 42.6 Å². The summed E-state index contributed by atoms with van der Waals surface area (Å²) in [7, 11) is -2.05. The van der Waals surface area contributed by atoms with Crippen LogP contribution < -0.4 is 10.0 Å². The summed E-state index contributed by atoms with van der Waals surface area (Å²) < 4.78 is 29.2. The number of nitrogens with zero attached hydrogens (tertiary/aromatic N) is 1. The van der Waals surface area contributed by atoms with Crippen LogP contribution in [0, 0.1) is 0 Å². The molecule has 0 fully saturated rings. The van der Waals surface area contributed by atoms with Crippen molar-refractivity contribution >= 4 is 33.2 Å². The van der Waals surface area contributed by atoms with Crippen molar-refractivity contribution in [3.05, 3.63) is 48.2 Å². The summed E-state index contributed by atoms with van der Waals surface area (Å²) >= 11 is 0. The Labute approximate surface area is 128 Å². The van der Waals surface area contributed by atoms with E-state index in [4.69, 9.17) is 4.74 Å². The molecule has 1 aromatic heterocycles. The number of hydrogen-bond donors (Lipinski definition) is 2. The Morgan fingerprint density at radius 1 is 1.18 bits per heavy atom. The van der Waals surface area contributed by atoms with Gasteiger partial charge in [0.15, 0.2) is 0 Å². The van der Waals surface area contributed by atoms with E-state index in [1.807, 2.05) is 0 Å². The van der Waals surface area contributed by atoms with Crippen molar-refractivity contribution in [3.8, 4) is 0 Å². The summed E-state index contributed by atoms with van der Waals surface area (Å²) in [6, 6.07) is 10.0. The molecule has 0 amide bonds. The molecule has 0 bridgehead atoms. The number of methoxy groups -OCH3 is 1. The number of esters is 1. The Kier molecular flexibility index (Phi) is 4.62. The lowest BCUT2D eigenvalue weighted by Gasteiger charge is -2.11. The molecule has 0 aliphatic carbocycles. The number of anilines is 3. The molecule has 0 spiro atoms. The highest BCUT2D eigenvalue weighted by Gasteiger charge is 2.11. The Bertz CT molecular complexity index is 773. The molecule has 8 heteroatoms. The molecule has 0 unspecified atom stereocenters. The van der Waals surface area contributed by atoms with Crippen LogP contribution in [0.2, 0.25) is 0 Å². The summed E-state index contributed by atoms with van der Waals surface area (Å²) in [5.41, 5.74) is 1.57. The van der Waals surface area contributed by atoms with E-state index in [9.17, 15) is 13.2 Å². The zero-order valence-corrected chi connectivity index (χ0v) is 12.8. The van der Waals surface area contributed by atoms with Gasteiger partial charge in [-0.2, -0.15) is 0 Å². The molecule has 0 radical (unpaired) electrons. The maximum Gasteiger partial charge on any atom is 0.339 e. The molecule has 22 heavy (non-hydrogen) atoms. The van der Waals surface area contributed by atoms with Gasteiger partial charge in [0.1, 0.15) is 5.82 Å². The first-order valence-electron chi connectivity index (χ1n) is 6.27. The van der Waals surface area contributed by atoms with Gasteiger partial charge >= 0.3 is 5.97 Å². The van der Waals surface area contributed by atoms with E-state index in [-0.39, 0.29) is 5.82 Å². The van der Waals surface area contributed by atoms with Crippen LogP contribution in [0.3, 0.4) is 0 Å². The van der Waals surface area contributed by atoms with Gasteiger partial charge < -0.3 is 10.1 Å². The van der Waals surface area contributed by atoms with Crippen LogP contribution in [-0.2, 0) is 14.8 Å². The molecule has 0 atom stereocenters. The molecular formula is C14H15N3O4S. The second-order valence-corrected chi connectivity index (χ2v) is 6.22. The Morgan fingerprint density at radius 2 is 1.91 bits per heavy atom. The third kappa shape index (κ3) is 4.19. The molecule has 0 aliphatic rings. The molecule has 2 aromatic rings. The van der Waals surface area contributed by atoms with Gasteiger partial charge in [0, 0.05) is 0 Å². The molecule has 2 N–H and O–H groups in total. The molecule has 2 rings (SSSR count). The summed E-state index contributed by atoms with van der Waals surface area (Å²) in [5.74, 6) is -0.235. The van der Waals surface area contributed by atoms with Crippen molar-refractivity contribution in [2.45, 2.75) is 0 Å². The van der Waals surface area contributed by atoms with Crippen LogP contribution in [0.4, 0.5) is 17.2 Å². The molecule has 0 aliphatic heterocycles. The first-order chi connectivity index (χ1) is 10.4. The van der Waals surface area contributed by atoms with Crippen molar-refractivity contribution < 1.29 is 17.9 Å². The standard InChI is InChI=1S/C14H15N3O4S/c1-21-14(18)11-5-3-4-6-12(11)16-10-7-8-13(15-9-10)17-22(2,19)20/h3-9,16H,1-2H3,(H,15,17). The van der Waals surface area contributed by atoms with E-state index in [1.54, 1.807) is 30.3 Å². The molecular weight excluding hydrogens is 306 g/mol. The highest BCUT2D eigenvalue weighted by molar-refractivity contribution is 7.92. The number of ether oxygens (including phenoxy) is 1. The minimum atomic E-state index is -3.36. The fourth-order valence-corrected chi connectivity index (χ4v) is 2.25. The van der Waals surface area contributed by atoms with Crippen molar-refractivity contribution in [1.29, 1.82) is 0 Å². The quantitative estimate of drug-likeness (QED) is 0.817. The molecule has 7 nitrogen and oxygen atoms in total. The number of benzene rings is 1. The van der Waals surface area contributed by atoms with Crippen molar-refractivity contribution in [1.82, 2.24) is 4.98 Å². The summed E-state index contributed by atoms with van der Waals surface area (Å²) in [4.78, 5) is 15.7.